The maximum Gasteiger partial charge on any atom is 0.225 e. The van der Waals surface area contributed by atoms with Gasteiger partial charge in [-0.2, -0.15) is 0 Å². The molecule has 0 saturated heterocycles. The van der Waals surface area contributed by atoms with Gasteiger partial charge in [-0.05, 0) is 36.3 Å². The molecule has 0 aliphatic heterocycles. The Labute approximate surface area is 109 Å². The van der Waals surface area contributed by atoms with Crippen LogP contribution in [0.15, 0.2) is 24.3 Å². The van der Waals surface area contributed by atoms with Crippen molar-refractivity contribution in [1.82, 2.24) is 0 Å². The number of nitrogens with two attached hydrogens (primary N) is 1. The summed E-state index contributed by atoms with van der Waals surface area (Å²) in [5.41, 5.74) is 8.06. The molecule has 1 aromatic carbocycles. The van der Waals surface area contributed by atoms with Crippen LogP contribution in [0.4, 0.5) is 5.69 Å². The fourth-order valence-electron chi connectivity index (χ4n) is 2.22. The van der Waals surface area contributed by atoms with E-state index in [0.717, 1.165) is 5.69 Å². The molecule has 2 rings (SSSR count). The summed E-state index contributed by atoms with van der Waals surface area (Å²) >= 11 is 0. The van der Waals surface area contributed by atoms with Crippen molar-refractivity contribution in [3.05, 3.63) is 29.8 Å². The summed E-state index contributed by atoms with van der Waals surface area (Å²) in [4.78, 5) is 11.9. The average Bonchev–Trinajstić information content (AvgIpc) is 3.12. The Morgan fingerprint density at radius 2 is 2.06 bits per heavy atom. The number of hydrogen-bond donors (Lipinski definition) is 2. The smallest absolute Gasteiger partial charge is 0.225 e. The summed E-state index contributed by atoms with van der Waals surface area (Å²) in [6, 6.07) is 7.98. The summed E-state index contributed by atoms with van der Waals surface area (Å²) in [5.74, 6) is 0.997. The van der Waals surface area contributed by atoms with E-state index in [1.54, 1.807) is 0 Å². The molecule has 18 heavy (non-hydrogen) atoms. The maximum atomic E-state index is 11.9. The highest BCUT2D eigenvalue weighted by Crippen LogP contribution is 2.33. The van der Waals surface area contributed by atoms with Crippen LogP contribution in [0.5, 0.6) is 0 Å². The van der Waals surface area contributed by atoms with Crippen molar-refractivity contribution in [3.63, 3.8) is 0 Å². The van der Waals surface area contributed by atoms with Crippen molar-refractivity contribution < 1.29 is 4.79 Å². The van der Waals surface area contributed by atoms with E-state index < -0.39 is 0 Å². The van der Waals surface area contributed by atoms with Crippen molar-refractivity contribution in [2.75, 3.05) is 5.32 Å². The third-order valence-electron chi connectivity index (χ3n) is 3.51. The predicted octanol–water partition coefficient (Wildman–Crippen LogP) is 2.88. The van der Waals surface area contributed by atoms with Crippen LogP contribution in [0.25, 0.3) is 0 Å². The first kappa shape index (κ1) is 13.1. The van der Waals surface area contributed by atoms with Gasteiger partial charge in [-0.15, -0.1) is 0 Å². The number of hydrogen-bond acceptors (Lipinski definition) is 2. The van der Waals surface area contributed by atoms with Crippen molar-refractivity contribution >= 4 is 11.6 Å². The topological polar surface area (TPSA) is 55.1 Å². The Morgan fingerprint density at radius 1 is 1.39 bits per heavy atom. The molecule has 3 N–H and O–H groups in total. The Balaban J connectivity index is 1.97. The van der Waals surface area contributed by atoms with Gasteiger partial charge in [0.1, 0.15) is 0 Å². The third-order valence-corrected chi connectivity index (χ3v) is 3.51. The van der Waals surface area contributed by atoms with E-state index in [4.69, 9.17) is 5.73 Å². The molecule has 0 heterocycles. The van der Waals surface area contributed by atoms with Crippen LogP contribution >= 0.6 is 0 Å². The minimum absolute atomic E-state index is 0.0243. The Morgan fingerprint density at radius 3 is 2.67 bits per heavy atom. The van der Waals surface area contributed by atoms with Crippen LogP contribution in [0, 0.1) is 5.92 Å². The quantitative estimate of drug-likeness (QED) is 0.839. The SMILES string of the molecule is CC(C)c1ccccc1NC(=O)CC(N)C1CC1. The van der Waals surface area contributed by atoms with E-state index in [1.165, 1.54) is 18.4 Å². The molecule has 1 fully saturated rings. The molecule has 1 saturated carbocycles. The molecule has 1 aliphatic carbocycles. The third kappa shape index (κ3) is 3.33. The van der Waals surface area contributed by atoms with Crippen LogP contribution in [0.1, 0.15) is 44.6 Å². The molecule has 98 valence electrons. The van der Waals surface area contributed by atoms with Gasteiger partial charge < -0.3 is 11.1 Å². The molecule has 0 radical (unpaired) electrons. The zero-order chi connectivity index (χ0) is 13.1. The molecule has 1 aromatic rings. The highest BCUT2D eigenvalue weighted by molar-refractivity contribution is 5.92. The Hall–Kier alpha value is -1.35. The van der Waals surface area contributed by atoms with Gasteiger partial charge >= 0.3 is 0 Å². The fourth-order valence-corrected chi connectivity index (χ4v) is 2.22. The van der Waals surface area contributed by atoms with Crippen LogP contribution in [0.3, 0.4) is 0 Å². The lowest BCUT2D eigenvalue weighted by Crippen LogP contribution is -2.29. The molecular weight excluding hydrogens is 224 g/mol. The fraction of sp³-hybridized carbons (Fsp3) is 0.533. The summed E-state index contributed by atoms with van der Waals surface area (Å²) < 4.78 is 0. The lowest BCUT2D eigenvalue weighted by Gasteiger charge is -2.15. The maximum absolute atomic E-state index is 11.9. The summed E-state index contributed by atoms with van der Waals surface area (Å²) in [5, 5.41) is 2.99. The highest BCUT2D eigenvalue weighted by Gasteiger charge is 2.29. The molecule has 1 atom stereocenters. The van der Waals surface area contributed by atoms with Crippen LogP contribution in [-0.4, -0.2) is 11.9 Å². The lowest BCUT2D eigenvalue weighted by atomic mass is 10.0. The second-order valence-corrected chi connectivity index (χ2v) is 5.50. The molecule has 0 bridgehead atoms. The largest absolute Gasteiger partial charge is 0.327 e. The molecule has 0 aromatic heterocycles. The van der Waals surface area contributed by atoms with Gasteiger partial charge in [0.25, 0.3) is 0 Å². The Kier molecular flexibility index (Phi) is 4.02. The highest BCUT2D eigenvalue weighted by atomic mass is 16.1. The molecule has 3 heteroatoms. The van der Waals surface area contributed by atoms with Gasteiger partial charge in [-0.25, -0.2) is 0 Å². The van der Waals surface area contributed by atoms with Crippen LogP contribution in [0.2, 0.25) is 0 Å². The first-order valence-corrected chi connectivity index (χ1v) is 6.72. The molecule has 1 amide bonds. The molecular formula is C15H22N2O. The van der Waals surface area contributed by atoms with E-state index in [9.17, 15) is 4.79 Å². The van der Waals surface area contributed by atoms with E-state index in [-0.39, 0.29) is 11.9 Å². The number of para-hydroxylation sites is 1. The van der Waals surface area contributed by atoms with Crippen molar-refractivity contribution in [3.8, 4) is 0 Å². The zero-order valence-corrected chi connectivity index (χ0v) is 11.1. The predicted molar refractivity (Wildman–Crippen MR) is 74.5 cm³/mol. The van der Waals surface area contributed by atoms with E-state index >= 15 is 0 Å². The van der Waals surface area contributed by atoms with Gasteiger partial charge in [0.15, 0.2) is 0 Å². The monoisotopic (exact) mass is 246 g/mol. The second-order valence-electron chi connectivity index (χ2n) is 5.50. The van der Waals surface area contributed by atoms with Crippen molar-refractivity contribution in [2.24, 2.45) is 11.7 Å². The van der Waals surface area contributed by atoms with Gasteiger partial charge in [-0.1, -0.05) is 32.0 Å². The molecule has 1 aliphatic rings. The second kappa shape index (κ2) is 5.53. The van der Waals surface area contributed by atoms with Gasteiger partial charge in [0.05, 0.1) is 0 Å². The number of carbonyl (C=O) groups excluding carboxylic acids is 1. The number of amides is 1. The van der Waals surface area contributed by atoms with Gasteiger partial charge in [0.2, 0.25) is 5.91 Å². The summed E-state index contributed by atoms with van der Waals surface area (Å²) in [6.45, 7) is 4.25. The number of nitrogens with one attached hydrogen (secondary N) is 1. The van der Waals surface area contributed by atoms with Gasteiger partial charge in [0, 0.05) is 18.2 Å². The lowest BCUT2D eigenvalue weighted by molar-refractivity contribution is -0.116. The average molecular weight is 246 g/mol. The normalized spacial score (nSPS) is 16.7. The van der Waals surface area contributed by atoms with Crippen LogP contribution in [-0.2, 0) is 4.79 Å². The molecule has 3 nitrogen and oxygen atoms in total. The number of rotatable bonds is 5. The van der Waals surface area contributed by atoms with E-state index in [2.05, 4.69) is 25.2 Å². The molecule has 0 spiro atoms. The zero-order valence-electron chi connectivity index (χ0n) is 11.1. The first-order chi connectivity index (χ1) is 8.58. The van der Waals surface area contributed by atoms with Crippen molar-refractivity contribution in [1.29, 1.82) is 0 Å². The summed E-state index contributed by atoms with van der Waals surface area (Å²) in [7, 11) is 0. The molecule has 1 unspecified atom stereocenters. The van der Waals surface area contributed by atoms with Crippen LogP contribution < -0.4 is 11.1 Å². The van der Waals surface area contributed by atoms with Crippen molar-refractivity contribution in [2.45, 2.75) is 45.1 Å². The van der Waals surface area contributed by atoms with E-state index in [1.807, 2.05) is 18.2 Å². The van der Waals surface area contributed by atoms with Gasteiger partial charge in [-0.3, -0.25) is 4.79 Å². The Bertz CT molecular complexity index is 424. The minimum Gasteiger partial charge on any atom is -0.327 e. The summed E-state index contributed by atoms with van der Waals surface area (Å²) in [6.07, 6.45) is 2.78. The standard InChI is InChI=1S/C15H22N2O/c1-10(2)12-5-3-4-6-14(12)17-15(18)9-13(16)11-7-8-11/h3-6,10-11,13H,7-9,16H2,1-2H3,(H,17,18). The minimum atomic E-state index is 0.0243. The first-order valence-electron chi connectivity index (χ1n) is 6.72. The number of anilines is 1. The van der Waals surface area contributed by atoms with E-state index in [0.29, 0.717) is 18.3 Å². The number of carbonyl (C=O) groups is 1. The number of benzene rings is 1.